The fourth-order valence-electron chi connectivity index (χ4n) is 1.20. The molecule has 0 aliphatic heterocycles. The van der Waals surface area contributed by atoms with E-state index in [1.807, 2.05) is 0 Å². The number of thiophene rings is 1. The summed E-state index contributed by atoms with van der Waals surface area (Å²) in [6, 6.07) is 4.82. The highest BCUT2D eigenvalue weighted by molar-refractivity contribution is 9.11. The lowest BCUT2D eigenvalue weighted by molar-refractivity contribution is 0.420. The average molecular weight is 261 g/mol. The van der Waals surface area contributed by atoms with Crippen molar-refractivity contribution >= 4 is 37.4 Å². The molecule has 0 amide bonds. The van der Waals surface area contributed by atoms with Crippen LogP contribution in [-0.2, 0) is 0 Å². The minimum Gasteiger partial charge on any atom is -0.495 e. The summed E-state index contributed by atoms with van der Waals surface area (Å²) >= 11 is 4.79. The predicted molar refractivity (Wildman–Crippen MR) is 56.0 cm³/mol. The van der Waals surface area contributed by atoms with E-state index in [1.165, 1.54) is 17.4 Å². The summed E-state index contributed by atoms with van der Waals surface area (Å²) < 4.78 is 20.1. The van der Waals surface area contributed by atoms with Crippen LogP contribution in [0.4, 0.5) is 4.39 Å². The van der Waals surface area contributed by atoms with Crippen molar-refractivity contribution in [3.05, 3.63) is 27.8 Å². The first-order chi connectivity index (χ1) is 6.22. The monoisotopic (exact) mass is 260 g/mol. The van der Waals surface area contributed by atoms with Gasteiger partial charge in [-0.15, -0.1) is 11.3 Å². The van der Waals surface area contributed by atoms with Crippen LogP contribution in [0, 0.1) is 5.82 Å². The molecule has 0 saturated carbocycles. The molecule has 0 spiro atoms. The molecule has 4 heteroatoms. The van der Waals surface area contributed by atoms with Crippen molar-refractivity contribution in [2.45, 2.75) is 0 Å². The molecule has 68 valence electrons. The zero-order valence-electron chi connectivity index (χ0n) is 6.80. The van der Waals surface area contributed by atoms with Gasteiger partial charge < -0.3 is 4.74 Å². The van der Waals surface area contributed by atoms with Crippen LogP contribution in [0.15, 0.2) is 22.0 Å². The topological polar surface area (TPSA) is 9.23 Å². The molecule has 0 fully saturated rings. The van der Waals surface area contributed by atoms with E-state index in [9.17, 15) is 4.39 Å². The third-order valence-electron chi connectivity index (χ3n) is 1.78. The van der Waals surface area contributed by atoms with Crippen LogP contribution in [-0.4, -0.2) is 7.11 Å². The van der Waals surface area contributed by atoms with E-state index in [0.29, 0.717) is 11.1 Å². The molecule has 0 aliphatic rings. The quantitative estimate of drug-likeness (QED) is 0.758. The second kappa shape index (κ2) is 3.27. The molecule has 1 aromatic carbocycles. The SMILES string of the molecule is COc1ccc(F)c2cc(Br)sc12. The van der Waals surface area contributed by atoms with Crippen LogP contribution in [0.3, 0.4) is 0 Å². The van der Waals surface area contributed by atoms with E-state index in [1.54, 1.807) is 19.2 Å². The van der Waals surface area contributed by atoms with Crippen molar-refractivity contribution in [2.24, 2.45) is 0 Å². The molecule has 2 aromatic rings. The van der Waals surface area contributed by atoms with Gasteiger partial charge in [-0.05, 0) is 34.1 Å². The highest BCUT2D eigenvalue weighted by Gasteiger charge is 2.09. The summed E-state index contributed by atoms with van der Waals surface area (Å²) in [5, 5.41) is 0.608. The van der Waals surface area contributed by atoms with Crippen molar-refractivity contribution in [1.82, 2.24) is 0 Å². The second-order valence-electron chi connectivity index (χ2n) is 2.54. The predicted octanol–water partition coefficient (Wildman–Crippen LogP) is 3.81. The molecule has 0 radical (unpaired) electrons. The number of rotatable bonds is 1. The number of methoxy groups -OCH3 is 1. The third kappa shape index (κ3) is 1.44. The Morgan fingerprint density at radius 2 is 2.23 bits per heavy atom. The van der Waals surface area contributed by atoms with Gasteiger partial charge >= 0.3 is 0 Å². The van der Waals surface area contributed by atoms with Crippen molar-refractivity contribution < 1.29 is 9.13 Å². The van der Waals surface area contributed by atoms with Crippen molar-refractivity contribution in [3.8, 4) is 5.75 Å². The first-order valence-electron chi connectivity index (χ1n) is 3.64. The van der Waals surface area contributed by atoms with Gasteiger partial charge in [0, 0.05) is 5.39 Å². The molecule has 0 aliphatic carbocycles. The number of halogens is 2. The average Bonchev–Trinajstić information content (AvgIpc) is 2.48. The normalized spacial score (nSPS) is 10.7. The lowest BCUT2D eigenvalue weighted by Crippen LogP contribution is -1.83. The fraction of sp³-hybridized carbons (Fsp3) is 0.111. The van der Waals surface area contributed by atoms with E-state index in [0.717, 1.165) is 8.49 Å². The Bertz CT molecular complexity index is 452. The number of hydrogen-bond acceptors (Lipinski definition) is 2. The van der Waals surface area contributed by atoms with Crippen LogP contribution in [0.2, 0.25) is 0 Å². The number of benzene rings is 1. The highest BCUT2D eigenvalue weighted by atomic mass is 79.9. The lowest BCUT2D eigenvalue weighted by atomic mass is 10.2. The number of fused-ring (bicyclic) bond motifs is 1. The molecular formula is C9H6BrFOS. The first kappa shape index (κ1) is 8.97. The van der Waals surface area contributed by atoms with Gasteiger partial charge in [0.15, 0.2) is 0 Å². The summed E-state index contributed by atoms with van der Waals surface area (Å²) in [5.74, 6) is 0.504. The molecule has 1 nitrogen and oxygen atoms in total. The largest absolute Gasteiger partial charge is 0.495 e. The minimum atomic E-state index is -0.210. The van der Waals surface area contributed by atoms with Gasteiger partial charge in [-0.1, -0.05) is 0 Å². The molecule has 0 N–H and O–H groups in total. The van der Waals surface area contributed by atoms with Crippen molar-refractivity contribution in [2.75, 3.05) is 7.11 Å². The summed E-state index contributed by atoms with van der Waals surface area (Å²) in [4.78, 5) is 0. The summed E-state index contributed by atoms with van der Waals surface area (Å²) in [6.07, 6.45) is 0. The maximum atomic E-state index is 13.2. The maximum absolute atomic E-state index is 13.2. The molecule has 2 rings (SSSR count). The van der Waals surface area contributed by atoms with Crippen LogP contribution >= 0.6 is 27.3 Å². The second-order valence-corrected chi connectivity index (χ2v) is 4.97. The van der Waals surface area contributed by atoms with E-state index >= 15 is 0 Å². The summed E-state index contributed by atoms with van der Waals surface area (Å²) in [7, 11) is 1.58. The van der Waals surface area contributed by atoms with E-state index in [4.69, 9.17) is 4.74 Å². The Kier molecular flexibility index (Phi) is 2.26. The van der Waals surface area contributed by atoms with E-state index in [-0.39, 0.29) is 5.82 Å². The molecule has 0 unspecified atom stereocenters. The maximum Gasteiger partial charge on any atom is 0.136 e. The van der Waals surface area contributed by atoms with Crippen LogP contribution in [0.5, 0.6) is 5.75 Å². The fourth-order valence-corrected chi connectivity index (χ4v) is 2.80. The van der Waals surface area contributed by atoms with Gasteiger partial charge in [-0.2, -0.15) is 0 Å². The third-order valence-corrected chi connectivity index (χ3v) is 3.44. The molecule has 0 atom stereocenters. The molecule has 1 aromatic heterocycles. The van der Waals surface area contributed by atoms with Gasteiger partial charge in [-0.3, -0.25) is 0 Å². The van der Waals surface area contributed by atoms with Crippen molar-refractivity contribution in [3.63, 3.8) is 0 Å². The Hall–Kier alpha value is -0.610. The highest BCUT2D eigenvalue weighted by Crippen LogP contribution is 2.37. The van der Waals surface area contributed by atoms with Gasteiger partial charge in [-0.25, -0.2) is 4.39 Å². The first-order valence-corrected chi connectivity index (χ1v) is 5.25. The Morgan fingerprint density at radius 3 is 2.92 bits per heavy atom. The van der Waals surface area contributed by atoms with Crippen LogP contribution in [0.25, 0.3) is 10.1 Å². The zero-order chi connectivity index (χ0) is 9.42. The van der Waals surface area contributed by atoms with Gasteiger partial charge in [0.25, 0.3) is 0 Å². The van der Waals surface area contributed by atoms with Crippen molar-refractivity contribution in [1.29, 1.82) is 0 Å². The zero-order valence-corrected chi connectivity index (χ0v) is 9.21. The standard InChI is InChI=1S/C9H6BrFOS/c1-12-7-3-2-6(11)5-4-8(10)13-9(5)7/h2-4H,1H3. The molecular weight excluding hydrogens is 255 g/mol. The minimum absolute atomic E-state index is 0.210. The molecule has 1 heterocycles. The van der Waals surface area contributed by atoms with Gasteiger partial charge in [0.2, 0.25) is 0 Å². The Balaban J connectivity index is 2.83. The summed E-state index contributed by atoms with van der Waals surface area (Å²) in [6.45, 7) is 0. The van der Waals surface area contributed by atoms with Crippen LogP contribution in [0.1, 0.15) is 0 Å². The Morgan fingerprint density at radius 1 is 1.46 bits per heavy atom. The smallest absolute Gasteiger partial charge is 0.136 e. The number of hydrogen-bond donors (Lipinski definition) is 0. The number of ether oxygens (including phenoxy) is 1. The van der Waals surface area contributed by atoms with Gasteiger partial charge in [0.1, 0.15) is 11.6 Å². The van der Waals surface area contributed by atoms with Crippen LogP contribution < -0.4 is 4.74 Å². The summed E-state index contributed by atoms with van der Waals surface area (Å²) in [5.41, 5.74) is 0. The van der Waals surface area contributed by atoms with E-state index < -0.39 is 0 Å². The molecule has 0 bridgehead atoms. The van der Waals surface area contributed by atoms with Gasteiger partial charge in [0.05, 0.1) is 15.6 Å². The molecule has 13 heavy (non-hydrogen) atoms. The lowest BCUT2D eigenvalue weighted by Gasteiger charge is -2.00. The molecule has 0 saturated heterocycles. The Labute approximate surface area is 87.3 Å². The van der Waals surface area contributed by atoms with E-state index in [2.05, 4.69) is 15.9 Å².